The number of thiophene rings is 1. The van der Waals surface area contributed by atoms with Crippen molar-refractivity contribution in [2.24, 2.45) is 5.92 Å². The van der Waals surface area contributed by atoms with Gasteiger partial charge in [-0.2, -0.15) is 0 Å². The van der Waals surface area contributed by atoms with Crippen LogP contribution in [0, 0.1) is 11.7 Å². The third kappa shape index (κ3) is 3.37. The third-order valence-electron chi connectivity index (χ3n) is 3.88. The normalized spacial score (nSPS) is 12.2. The van der Waals surface area contributed by atoms with Crippen LogP contribution in [-0.4, -0.2) is 25.8 Å². The summed E-state index contributed by atoms with van der Waals surface area (Å²) >= 11 is 1.20. The van der Waals surface area contributed by atoms with Crippen LogP contribution in [0.4, 0.5) is 4.39 Å². The lowest BCUT2D eigenvalue weighted by atomic mass is 9.95. The molecule has 0 N–H and O–H groups in total. The molecule has 1 aromatic carbocycles. The first kappa shape index (κ1) is 17.4. The number of Topliss-reactive ketones (excluding diaryl/α,β-unsaturated/α-hetero) is 2. The van der Waals surface area contributed by atoms with Gasteiger partial charge in [-0.1, -0.05) is 6.92 Å². The Kier molecular flexibility index (Phi) is 5.36. The highest BCUT2D eigenvalue weighted by atomic mass is 32.1. The van der Waals surface area contributed by atoms with E-state index >= 15 is 0 Å². The van der Waals surface area contributed by atoms with Crippen molar-refractivity contribution >= 4 is 33.0 Å². The first-order chi connectivity index (χ1) is 10.9. The number of ketones is 2. The highest BCUT2D eigenvalue weighted by Crippen LogP contribution is 2.40. The molecule has 6 heteroatoms. The van der Waals surface area contributed by atoms with E-state index in [9.17, 15) is 14.0 Å². The van der Waals surface area contributed by atoms with Crippen molar-refractivity contribution in [3.8, 4) is 11.5 Å². The predicted octanol–water partition coefficient (Wildman–Crippen LogP) is 4.25. The fraction of sp³-hybridized carbons (Fsp3) is 0.412. The summed E-state index contributed by atoms with van der Waals surface area (Å²) in [4.78, 5) is 24.3. The lowest BCUT2D eigenvalue weighted by Crippen LogP contribution is -2.14. The molecule has 23 heavy (non-hydrogen) atoms. The van der Waals surface area contributed by atoms with Gasteiger partial charge in [0.1, 0.15) is 5.78 Å². The molecule has 124 valence electrons. The first-order valence-electron chi connectivity index (χ1n) is 7.30. The van der Waals surface area contributed by atoms with E-state index in [1.54, 1.807) is 6.07 Å². The molecule has 0 aliphatic rings. The number of carbonyl (C=O) groups excluding carboxylic acids is 2. The van der Waals surface area contributed by atoms with Crippen LogP contribution in [0.5, 0.6) is 11.5 Å². The smallest absolute Gasteiger partial charge is 0.197 e. The minimum absolute atomic E-state index is 0.00326. The number of halogens is 1. The van der Waals surface area contributed by atoms with E-state index in [0.717, 1.165) is 0 Å². The van der Waals surface area contributed by atoms with Crippen LogP contribution in [0.3, 0.4) is 0 Å². The van der Waals surface area contributed by atoms with E-state index in [1.807, 2.05) is 6.92 Å². The van der Waals surface area contributed by atoms with Crippen LogP contribution < -0.4 is 9.47 Å². The molecule has 0 aliphatic heterocycles. The van der Waals surface area contributed by atoms with E-state index in [4.69, 9.17) is 9.47 Å². The van der Waals surface area contributed by atoms with Crippen molar-refractivity contribution in [1.82, 2.24) is 0 Å². The minimum Gasteiger partial charge on any atom is -0.493 e. The van der Waals surface area contributed by atoms with Crippen molar-refractivity contribution in [3.05, 3.63) is 22.8 Å². The maximum Gasteiger partial charge on any atom is 0.197 e. The Labute approximate surface area is 138 Å². The fourth-order valence-electron chi connectivity index (χ4n) is 2.48. The highest BCUT2D eigenvalue weighted by Gasteiger charge is 2.22. The van der Waals surface area contributed by atoms with E-state index in [-0.39, 0.29) is 35.4 Å². The topological polar surface area (TPSA) is 52.6 Å². The maximum absolute atomic E-state index is 14.5. The van der Waals surface area contributed by atoms with Crippen LogP contribution in [0.2, 0.25) is 0 Å². The molecule has 0 saturated carbocycles. The maximum atomic E-state index is 14.5. The predicted molar refractivity (Wildman–Crippen MR) is 88.3 cm³/mol. The van der Waals surface area contributed by atoms with Gasteiger partial charge in [0.05, 0.1) is 19.1 Å². The molecule has 4 nitrogen and oxygen atoms in total. The molecule has 1 aromatic heterocycles. The zero-order valence-electron chi connectivity index (χ0n) is 13.6. The average Bonchev–Trinajstić information content (AvgIpc) is 2.96. The van der Waals surface area contributed by atoms with Gasteiger partial charge >= 0.3 is 0 Å². The first-order valence-corrected chi connectivity index (χ1v) is 8.12. The van der Waals surface area contributed by atoms with Gasteiger partial charge in [0.2, 0.25) is 0 Å². The number of carbonyl (C=O) groups is 2. The highest BCUT2D eigenvalue weighted by molar-refractivity contribution is 7.20. The summed E-state index contributed by atoms with van der Waals surface area (Å²) < 4.78 is 25.3. The summed E-state index contributed by atoms with van der Waals surface area (Å²) in [6.45, 7) is 3.36. The standard InChI is InChI=1S/C17H19FO4S/c1-5-10(9(2)19)6-12(20)15-7-11-14(23-15)8-13(21-3)17(22-4)16(11)18/h7-8,10H,5-6H2,1-4H3. The Bertz CT molecular complexity index is 751. The molecular formula is C17H19FO4S. The summed E-state index contributed by atoms with van der Waals surface area (Å²) in [6, 6.07) is 3.17. The number of hydrogen-bond donors (Lipinski definition) is 0. The molecule has 1 heterocycles. The fourth-order valence-corrected chi connectivity index (χ4v) is 3.51. The summed E-state index contributed by atoms with van der Waals surface area (Å²) in [5.41, 5.74) is 0. The number of methoxy groups -OCH3 is 2. The zero-order valence-corrected chi connectivity index (χ0v) is 14.4. The number of hydrogen-bond acceptors (Lipinski definition) is 5. The number of fused-ring (bicyclic) bond motifs is 1. The summed E-state index contributed by atoms with van der Waals surface area (Å²) in [6.07, 6.45) is 0.760. The number of benzene rings is 1. The molecule has 0 bridgehead atoms. The SMILES string of the molecule is CCC(CC(=O)c1cc2c(F)c(OC)c(OC)cc2s1)C(C)=O. The van der Waals surface area contributed by atoms with Gasteiger partial charge < -0.3 is 9.47 Å². The van der Waals surface area contributed by atoms with Gasteiger partial charge in [-0.15, -0.1) is 11.3 Å². The van der Waals surface area contributed by atoms with E-state index in [1.165, 1.54) is 38.5 Å². The third-order valence-corrected chi connectivity index (χ3v) is 5.00. The molecular weight excluding hydrogens is 319 g/mol. The minimum atomic E-state index is -0.546. The molecule has 2 rings (SSSR count). The Morgan fingerprint density at radius 1 is 1.26 bits per heavy atom. The van der Waals surface area contributed by atoms with E-state index < -0.39 is 5.82 Å². The van der Waals surface area contributed by atoms with Crippen molar-refractivity contribution < 1.29 is 23.5 Å². The van der Waals surface area contributed by atoms with Crippen LogP contribution in [-0.2, 0) is 4.79 Å². The largest absolute Gasteiger partial charge is 0.493 e. The van der Waals surface area contributed by atoms with Crippen molar-refractivity contribution in [1.29, 1.82) is 0 Å². The second-order valence-corrected chi connectivity index (χ2v) is 6.38. The Morgan fingerprint density at radius 2 is 1.96 bits per heavy atom. The summed E-state index contributed by atoms with van der Waals surface area (Å²) in [5.74, 6) is -0.681. The average molecular weight is 338 g/mol. The molecule has 0 spiro atoms. The molecule has 0 saturated heterocycles. The Hall–Kier alpha value is -1.95. The van der Waals surface area contributed by atoms with Gasteiger partial charge in [-0.05, 0) is 19.4 Å². The lowest BCUT2D eigenvalue weighted by molar-refractivity contribution is -0.120. The van der Waals surface area contributed by atoms with E-state index in [2.05, 4.69) is 0 Å². The molecule has 1 unspecified atom stereocenters. The molecule has 0 fully saturated rings. The second-order valence-electron chi connectivity index (χ2n) is 5.29. The van der Waals surface area contributed by atoms with Crippen LogP contribution in [0.15, 0.2) is 12.1 Å². The second kappa shape index (κ2) is 7.08. The monoisotopic (exact) mass is 338 g/mol. The molecule has 0 amide bonds. The van der Waals surface area contributed by atoms with E-state index in [0.29, 0.717) is 21.4 Å². The quantitative estimate of drug-likeness (QED) is 0.708. The van der Waals surface area contributed by atoms with Crippen molar-refractivity contribution in [3.63, 3.8) is 0 Å². The van der Waals surface area contributed by atoms with Gasteiger partial charge in [0, 0.05) is 28.5 Å². The van der Waals surface area contributed by atoms with Crippen molar-refractivity contribution in [2.75, 3.05) is 14.2 Å². The molecule has 0 aliphatic carbocycles. The summed E-state index contributed by atoms with van der Waals surface area (Å²) in [7, 11) is 2.80. The number of rotatable bonds is 7. The van der Waals surface area contributed by atoms with Gasteiger partial charge in [0.15, 0.2) is 23.1 Å². The zero-order chi connectivity index (χ0) is 17.1. The van der Waals surface area contributed by atoms with Crippen LogP contribution >= 0.6 is 11.3 Å². The summed E-state index contributed by atoms with van der Waals surface area (Å²) in [5, 5.41) is 0.326. The molecule has 1 atom stereocenters. The molecule has 2 aromatic rings. The van der Waals surface area contributed by atoms with Gasteiger partial charge in [-0.3, -0.25) is 9.59 Å². The van der Waals surface area contributed by atoms with Gasteiger partial charge in [-0.25, -0.2) is 4.39 Å². The Balaban J connectivity index is 2.42. The van der Waals surface area contributed by atoms with Crippen LogP contribution in [0.25, 0.3) is 10.1 Å². The Morgan fingerprint density at radius 3 is 2.48 bits per heavy atom. The van der Waals surface area contributed by atoms with Crippen molar-refractivity contribution in [2.45, 2.75) is 26.7 Å². The van der Waals surface area contributed by atoms with Gasteiger partial charge in [0.25, 0.3) is 0 Å². The lowest BCUT2D eigenvalue weighted by Gasteiger charge is -2.08. The number of ether oxygens (including phenoxy) is 2. The van der Waals surface area contributed by atoms with Crippen LogP contribution in [0.1, 0.15) is 36.4 Å². The molecule has 0 radical (unpaired) electrons.